The smallest absolute Gasteiger partial charge is 0.240 e. The highest BCUT2D eigenvalue weighted by Gasteiger charge is 2.23. The van der Waals surface area contributed by atoms with Gasteiger partial charge in [-0.15, -0.1) is 0 Å². The third kappa shape index (κ3) is 5.21. The second-order valence-corrected chi connectivity index (χ2v) is 8.34. The van der Waals surface area contributed by atoms with E-state index in [2.05, 4.69) is 17.3 Å². The molecule has 1 aliphatic rings. The highest BCUT2D eigenvalue weighted by atomic mass is 32.2. The van der Waals surface area contributed by atoms with Crippen molar-refractivity contribution < 1.29 is 13.2 Å². The number of likely N-dealkylation sites (tertiary alicyclic amines) is 1. The van der Waals surface area contributed by atoms with E-state index in [0.717, 1.165) is 48.5 Å². The van der Waals surface area contributed by atoms with E-state index < -0.39 is 10.0 Å². The first-order valence-corrected chi connectivity index (χ1v) is 10.2. The molecular formula is C17H27N3O3S. The maximum atomic E-state index is 12.3. The number of hydrogen-bond acceptors (Lipinski definition) is 4. The number of amides is 1. The number of carbonyl (C=O) groups excluding carboxylic acids is 1. The number of nitrogens with zero attached hydrogens (tertiary/aromatic N) is 2. The molecule has 1 aromatic carbocycles. The van der Waals surface area contributed by atoms with E-state index in [1.165, 1.54) is 0 Å². The molecule has 0 aliphatic carbocycles. The number of carbonyl (C=O) groups is 1. The average molecular weight is 353 g/mol. The van der Waals surface area contributed by atoms with Gasteiger partial charge in [0.2, 0.25) is 15.9 Å². The minimum absolute atomic E-state index is 0.123. The zero-order chi connectivity index (χ0) is 17.7. The molecule has 1 saturated heterocycles. The lowest BCUT2D eigenvalue weighted by atomic mass is 10.1. The summed E-state index contributed by atoms with van der Waals surface area (Å²) in [6, 6.07) is 7.41. The molecule has 1 heterocycles. The molecular weight excluding hydrogens is 326 g/mol. The Morgan fingerprint density at radius 1 is 1.25 bits per heavy atom. The quantitative estimate of drug-likeness (QED) is 0.835. The molecule has 0 spiro atoms. The maximum absolute atomic E-state index is 12.3. The minimum Gasteiger partial charge on any atom is -0.352 e. The number of anilines is 1. The number of nitrogens with one attached hydrogen (secondary N) is 1. The summed E-state index contributed by atoms with van der Waals surface area (Å²) in [5.41, 5.74) is 1.65. The van der Waals surface area contributed by atoms with Crippen LogP contribution in [-0.2, 0) is 21.2 Å². The normalized spacial score (nSPS) is 16.8. The molecule has 1 aliphatic heterocycles. The Morgan fingerprint density at radius 3 is 2.33 bits per heavy atom. The van der Waals surface area contributed by atoms with Crippen molar-refractivity contribution in [2.24, 2.45) is 0 Å². The molecule has 2 rings (SSSR count). The van der Waals surface area contributed by atoms with Gasteiger partial charge in [0.05, 0.1) is 11.9 Å². The second-order valence-electron chi connectivity index (χ2n) is 6.43. The van der Waals surface area contributed by atoms with Gasteiger partial charge >= 0.3 is 0 Å². The molecule has 7 heteroatoms. The van der Waals surface area contributed by atoms with Gasteiger partial charge in [0.1, 0.15) is 6.54 Å². The number of rotatable bonds is 6. The van der Waals surface area contributed by atoms with Gasteiger partial charge in [0, 0.05) is 6.04 Å². The Morgan fingerprint density at radius 2 is 1.83 bits per heavy atom. The Labute approximate surface area is 144 Å². The summed E-state index contributed by atoms with van der Waals surface area (Å²) in [5, 5.41) is 2.96. The molecule has 0 atom stereocenters. The van der Waals surface area contributed by atoms with Crippen molar-refractivity contribution in [2.45, 2.75) is 32.2 Å². The number of aryl methyl sites for hydroxylation is 1. The molecule has 0 saturated carbocycles. The summed E-state index contributed by atoms with van der Waals surface area (Å²) in [6.45, 7) is 3.74. The third-order valence-electron chi connectivity index (χ3n) is 4.40. The predicted octanol–water partition coefficient (Wildman–Crippen LogP) is 1.23. The Bertz CT molecular complexity index is 650. The van der Waals surface area contributed by atoms with E-state index in [1.807, 2.05) is 19.1 Å². The van der Waals surface area contributed by atoms with E-state index in [9.17, 15) is 13.2 Å². The zero-order valence-electron chi connectivity index (χ0n) is 14.7. The highest BCUT2D eigenvalue weighted by Crippen LogP contribution is 2.18. The summed E-state index contributed by atoms with van der Waals surface area (Å²) in [5.74, 6) is -0.255. The number of piperidine rings is 1. The summed E-state index contributed by atoms with van der Waals surface area (Å²) in [4.78, 5) is 14.5. The van der Waals surface area contributed by atoms with Crippen LogP contribution in [0.1, 0.15) is 25.3 Å². The fourth-order valence-electron chi connectivity index (χ4n) is 2.85. The van der Waals surface area contributed by atoms with Crippen molar-refractivity contribution in [3.05, 3.63) is 29.8 Å². The summed E-state index contributed by atoms with van der Waals surface area (Å²) in [7, 11) is -1.46. The average Bonchev–Trinajstić information content (AvgIpc) is 2.54. The summed E-state index contributed by atoms with van der Waals surface area (Å²) < 4.78 is 25.4. The monoisotopic (exact) mass is 353 g/mol. The molecule has 1 amide bonds. The van der Waals surface area contributed by atoms with Crippen molar-refractivity contribution in [1.82, 2.24) is 10.2 Å². The lowest BCUT2D eigenvalue weighted by Crippen LogP contribution is -2.47. The van der Waals surface area contributed by atoms with E-state index >= 15 is 0 Å². The highest BCUT2D eigenvalue weighted by molar-refractivity contribution is 7.92. The fraction of sp³-hybridized carbons (Fsp3) is 0.588. The van der Waals surface area contributed by atoms with Crippen LogP contribution in [0.5, 0.6) is 0 Å². The lowest BCUT2D eigenvalue weighted by Gasteiger charge is -2.30. The zero-order valence-corrected chi connectivity index (χ0v) is 15.5. The van der Waals surface area contributed by atoms with Crippen molar-refractivity contribution in [3.63, 3.8) is 0 Å². The number of benzene rings is 1. The van der Waals surface area contributed by atoms with Crippen LogP contribution in [-0.4, -0.2) is 58.2 Å². The van der Waals surface area contributed by atoms with Crippen LogP contribution in [0.4, 0.5) is 5.69 Å². The van der Waals surface area contributed by atoms with Crippen LogP contribution in [0.25, 0.3) is 0 Å². The molecule has 6 nitrogen and oxygen atoms in total. The van der Waals surface area contributed by atoms with Crippen molar-refractivity contribution >= 4 is 21.6 Å². The number of sulfonamides is 1. The first-order chi connectivity index (χ1) is 11.3. The number of hydrogen-bond donors (Lipinski definition) is 1. The summed E-state index contributed by atoms with van der Waals surface area (Å²) in [6.07, 6.45) is 3.80. The lowest BCUT2D eigenvalue weighted by molar-refractivity contribution is -0.120. The summed E-state index contributed by atoms with van der Waals surface area (Å²) >= 11 is 0. The Hall–Kier alpha value is -1.60. The topological polar surface area (TPSA) is 69.7 Å². The maximum Gasteiger partial charge on any atom is 0.240 e. The Kier molecular flexibility index (Phi) is 6.23. The fourth-order valence-corrected chi connectivity index (χ4v) is 3.71. The van der Waals surface area contributed by atoms with E-state index in [4.69, 9.17) is 0 Å². The standard InChI is InChI=1S/C17H27N3O3S/c1-4-14-5-7-16(8-6-14)20(24(3,22)23)13-17(21)18-15-9-11-19(2)12-10-15/h5-8,15H,4,9-13H2,1-3H3,(H,18,21). The van der Waals surface area contributed by atoms with Gasteiger partial charge in [-0.2, -0.15) is 0 Å². The van der Waals surface area contributed by atoms with Crippen LogP contribution >= 0.6 is 0 Å². The van der Waals surface area contributed by atoms with Gasteiger partial charge in [-0.1, -0.05) is 19.1 Å². The third-order valence-corrected chi connectivity index (χ3v) is 5.54. The molecule has 0 bridgehead atoms. The van der Waals surface area contributed by atoms with Crippen LogP contribution in [0.3, 0.4) is 0 Å². The van der Waals surface area contributed by atoms with Crippen molar-refractivity contribution in [3.8, 4) is 0 Å². The van der Waals surface area contributed by atoms with Gasteiger partial charge in [-0.3, -0.25) is 9.10 Å². The molecule has 1 N–H and O–H groups in total. The molecule has 1 fully saturated rings. The van der Waals surface area contributed by atoms with Gasteiger partial charge in [-0.25, -0.2) is 8.42 Å². The largest absolute Gasteiger partial charge is 0.352 e. The minimum atomic E-state index is -3.52. The van der Waals surface area contributed by atoms with Gasteiger partial charge in [0.25, 0.3) is 0 Å². The Balaban J connectivity index is 2.04. The SMILES string of the molecule is CCc1ccc(N(CC(=O)NC2CCN(C)CC2)S(C)(=O)=O)cc1. The second kappa shape index (κ2) is 7.98. The van der Waals surface area contributed by atoms with E-state index in [1.54, 1.807) is 12.1 Å². The van der Waals surface area contributed by atoms with Gasteiger partial charge in [0.15, 0.2) is 0 Å². The van der Waals surface area contributed by atoms with E-state index in [0.29, 0.717) is 5.69 Å². The molecule has 0 unspecified atom stereocenters. The van der Waals surface area contributed by atoms with Crippen molar-refractivity contribution in [1.29, 1.82) is 0 Å². The van der Waals surface area contributed by atoms with Crippen LogP contribution in [0.15, 0.2) is 24.3 Å². The first kappa shape index (κ1) is 18.7. The molecule has 1 aromatic rings. The van der Waals surface area contributed by atoms with E-state index in [-0.39, 0.29) is 18.5 Å². The first-order valence-electron chi connectivity index (χ1n) is 8.34. The molecule has 24 heavy (non-hydrogen) atoms. The van der Waals surface area contributed by atoms with Crippen LogP contribution in [0, 0.1) is 0 Å². The van der Waals surface area contributed by atoms with Crippen LogP contribution < -0.4 is 9.62 Å². The molecule has 0 radical (unpaired) electrons. The van der Waals surface area contributed by atoms with Crippen molar-refractivity contribution in [2.75, 3.05) is 37.2 Å². The predicted molar refractivity (Wildman–Crippen MR) is 96.7 cm³/mol. The van der Waals surface area contributed by atoms with Gasteiger partial charge in [-0.05, 0) is 57.1 Å². The molecule has 0 aromatic heterocycles. The van der Waals surface area contributed by atoms with Crippen LogP contribution in [0.2, 0.25) is 0 Å². The molecule has 134 valence electrons. The van der Waals surface area contributed by atoms with Gasteiger partial charge < -0.3 is 10.2 Å².